The fourth-order valence-corrected chi connectivity index (χ4v) is 2.43. The topological polar surface area (TPSA) is 35.3 Å². The lowest BCUT2D eigenvalue weighted by Gasteiger charge is -2.07. The van der Waals surface area contributed by atoms with Crippen molar-refractivity contribution in [1.29, 1.82) is 0 Å². The zero-order valence-electron chi connectivity index (χ0n) is 10.1. The van der Waals surface area contributed by atoms with E-state index in [1.165, 1.54) is 6.07 Å². The van der Waals surface area contributed by atoms with Crippen molar-refractivity contribution < 1.29 is 13.5 Å². The number of hydrogen-bond donors (Lipinski definition) is 0. The fraction of sp³-hybridized carbons (Fsp3) is 0.0714. The van der Waals surface area contributed by atoms with Crippen LogP contribution in [0.15, 0.2) is 45.4 Å². The first-order chi connectivity index (χ1) is 9.65. The molecule has 0 aliphatic carbocycles. The van der Waals surface area contributed by atoms with Crippen molar-refractivity contribution in [2.45, 2.75) is 6.61 Å². The highest BCUT2D eigenvalue weighted by Gasteiger charge is 2.12. The highest BCUT2D eigenvalue weighted by atomic mass is 79.9. The van der Waals surface area contributed by atoms with Gasteiger partial charge in [0.2, 0.25) is 5.88 Å². The smallest absolute Gasteiger partial charge is 0.278 e. The molecule has 0 radical (unpaired) electrons. The lowest BCUT2D eigenvalue weighted by Crippen LogP contribution is -1.98. The van der Waals surface area contributed by atoms with Gasteiger partial charge in [-0.3, -0.25) is 0 Å². The van der Waals surface area contributed by atoms with Gasteiger partial charge in [-0.2, -0.15) is 4.39 Å². The van der Waals surface area contributed by atoms with E-state index in [0.29, 0.717) is 27.4 Å². The molecule has 0 saturated heterocycles. The number of hydrogen-bond acceptors (Lipinski definition) is 3. The van der Waals surface area contributed by atoms with Gasteiger partial charge in [-0.25, -0.2) is 4.98 Å². The van der Waals surface area contributed by atoms with Gasteiger partial charge in [-0.15, -0.1) is 0 Å². The Bertz CT molecular complexity index is 775. The largest absolute Gasteiger partial charge is 0.472 e. The van der Waals surface area contributed by atoms with Crippen LogP contribution in [0.25, 0.3) is 11.0 Å². The van der Waals surface area contributed by atoms with Crippen LogP contribution >= 0.6 is 27.5 Å². The summed E-state index contributed by atoms with van der Waals surface area (Å²) in [6.45, 7) is 0.205. The third-order valence-corrected chi connectivity index (χ3v) is 3.70. The Morgan fingerprint density at radius 2 is 2.20 bits per heavy atom. The summed E-state index contributed by atoms with van der Waals surface area (Å²) in [5.41, 5.74) is 1.09. The predicted octanol–water partition coefficient (Wildman–Crippen LogP) is 4.96. The van der Waals surface area contributed by atoms with Gasteiger partial charge in [0.25, 0.3) is 6.01 Å². The van der Waals surface area contributed by atoms with E-state index in [1.54, 1.807) is 24.4 Å². The SMILES string of the molecule is Fc1cc2c(Cl)ccc(COc3ncccc3Br)c2o1. The van der Waals surface area contributed by atoms with Crippen LogP contribution in [-0.2, 0) is 6.61 Å². The maximum Gasteiger partial charge on any atom is 0.278 e. The molecule has 0 saturated carbocycles. The van der Waals surface area contributed by atoms with Crippen LogP contribution in [0.1, 0.15) is 5.56 Å². The summed E-state index contributed by atoms with van der Waals surface area (Å²) < 4.78 is 24.6. The highest BCUT2D eigenvalue weighted by molar-refractivity contribution is 9.10. The quantitative estimate of drug-likeness (QED) is 0.665. The lowest BCUT2D eigenvalue weighted by molar-refractivity contribution is 0.290. The number of benzene rings is 1. The fourth-order valence-electron chi connectivity index (χ4n) is 1.85. The zero-order valence-corrected chi connectivity index (χ0v) is 12.4. The van der Waals surface area contributed by atoms with Crippen LogP contribution in [0.5, 0.6) is 5.88 Å². The van der Waals surface area contributed by atoms with Crippen molar-refractivity contribution in [2.24, 2.45) is 0 Å². The number of halogens is 3. The number of pyridine rings is 1. The second-order valence-electron chi connectivity index (χ2n) is 4.08. The van der Waals surface area contributed by atoms with Crippen molar-refractivity contribution in [2.75, 3.05) is 0 Å². The average molecular weight is 357 g/mol. The minimum atomic E-state index is -0.673. The Labute approximate surface area is 127 Å². The van der Waals surface area contributed by atoms with Crippen LogP contribution in [0.4, 0.5) is 4.39 Å². The van der Waals surface area contributed by atoms with Gasteiger partial charge in [-0.1, -0.05) is 17.7 Å². The first-order valence-electron chi connectivity index (χ1n) is 5.75. The molecule has 6 heteroatoms. The minimum absolute atomic E-state index is 0.205. The summed E-state index contributed by atoms with van der Waals surface area (Å²) in [6, 6.07) is 7.63. The zero-order chi connectivity index (χ0) is 14.1. The molecule has 0 unspecified atom stereocenters. The molecule has 0 aliphatic rings. The molecule has 1 aromatic carbocycles. The van der Waals surface area contributed by atoms with Crippen molar-refractivity contribution in [3.05, 3.63) is 57.6 Å². The van der Waals surface area contributed by atoms with Gasteiger partial charge in [0, 0.05) is 23.2 Å². The third kappa shape index (κ3) is 2.51. The molecular weight excluding hydrogens is 349 g/mol. The van der Waals surface area contributed by atoms with Gasteiger partial charge >= 0.3 is 0 Å². The first kappa shape index (κ1) is 13.4. The summed E-state index contributed by atoms with van der Waals surface area (Å²) in [6.07, 6.45) is 1.63. The van der Waals surface area contributed by atoms with E-state index < -0.39 is 6.01 Å². The van der Waals surface area contributed by atoms with E-state index in [2.05, 4.69) is 20.9 Å². The lowest BCUT2D eigenvalue weighted by atomic mass is 10.1. The monoisotopic (exact) mass is 355 g/mol. The summed E-state index contributed by atoms with van der Waals surface area (Å²) in [7, 11) is 0. The second kappa shape index (κ2) is 5.42. The molecule has 0 spiro atoms. The predicted molar refractivity (Wildman–Crippen MR) is 77.5 cm³/mol. The molecule has 0 fully saturated rings. The van der Waals surface area contributed by atoms with E-state index in [1.807, 2.05) is 6.07 Å². The van der Waals surface area contributed by atoms with Crippen molar-refractivity contribution in [3.63, 3.8) is 0 Å². The number of aromatic nitrogens is 1. The van der Waals surface area contributed by atoms with E-state index in [4.69, 9.17) is 20.8 Å². The molecule has 3 nitrogen and oxygen atoms in total. The number of fused-ring (bicyclic) bond motifs is 1. The van der Waals surface area contributed by atoms with Gasteiger partial charge in [0.05, 0.1) is 9.50 Å². The molecular formula is C14H8BrClFNO2. The number of nitrogens with zero attached hydrogens (tertiary/aromatic N) is 1. The molecule has 0 N–H and O–H groups in total. The van der Waals surface area contributed by atoms with Crippen LogP contribution in [0, 0.1) is 6.01 Å². The summed E-state index contributed by atoms with van der Waals surface area (Å²) in [4.78, 5) is 4.10. The van der Waals surface area contributed by atoms with Crippen LogP contribution in [0.3, 0.4) is 0 Å². The van der Waals surface area contributed by atoms with E-state index in [0.717, 1.165) is 4.47 Å². The Balaban J connectivity index is 1.92. The molecule has 2 aromatic heterocycles. The molecule has 2 heterocycles. The van der Waals surface area contributed by atoms with Crippen molar-refractivity contribution in [3.8, 4) is 5.88 Å². The van der Waals surface area contributed by atoms with Crippen LogP contribution in [0.2, 0.25) is 5.02 Å². The Morgan fingerprint density at radius 3 is 3.00 bits per heavy atom. The second-order valence-corrected chi connectivity index (χ2v) is 5.34. The molecule has 0 amide bonds. The highest BCUT2D eigenvalue weighted by Crippen LogP contribution is 2.30. The molecule has 3 rings (SSSR count). The van der Waals surface area contributed by atoms with Gasteiger partial charge < -0.3 is 9.15 Å². The van der Waals surface area contributed by atoms with Gasteiger partial charge in [-0.05, 0) is 34.1 Å². The summed E-state index contributed by atoms with van der Waals surface area (Å²) in [5, 5.41) is 0.973. The average Bonchev–Trinajstić information content (AvgIpc) is 2.82. The van der Waals surface area contributed by atoms with Crippen LogP contribution < -0.4 is 4.74 Å². The normalized spacial score (nSPS) is 10.9. The molecule has 20 heavy (non-hydrogen) atoms. The Kier molecular flexibility index (Phi) is 3.63. The minimum Gasteiger partial charge on any atom is -0.472 e. The molecule has 3 aromatic rings. The van der Waals surface area contributed by atoms with E-state index >= 15 is 0 Å². The standard InChI is InChI=1S/C14H8BrClFNO2/c15-10-2-1-5-18-14(10)19-7-8-3-4-11(16)9-6-12(17)20-13(8)9/h1-6H,7H2. The maximum absolute atomic E-state index is 13.2. The van der Waals surface area contributed by atoms with E-state index in [-0.39, 0.29) is 6.61 Å². The maximum atomic E-state index is 13.2. The molecule has 102 valence electrons. The van der Waals surface area contributed by atoms with E-state index in [9.17, 15) is 4.39 Å². The van der Waals surface area contributed by atoms with Gasteiger partial charge in [0.15, 0.2) is 0 Å². The molecule has 0 atom stereocenters. The number of rotatable bonds is 3. The Hall–Kier alpha value is -1.59. The number of ether oxygens (including phenoxy) is 1. The summed E-state index contributed by atoms with van der Waals surface area (Å²) in [5.74, 6) is 0.461. The van der Waals surface area contributed by atoms with Crippen LogP contribution in [-0.4, -0.2) is 4.98 Å². The Morgan fingerprint density at radius 1 is 1.35 bits per heavy atom. The summed E-state index contributed by atoms with van der Waals surface area (Å²) >= 11 is 9.34. The van der Waals surface area contributed by atoms with Crippen molar-refractivity contribution >= 4 is 38.5 Å². The number of furan rings is 1. The third-order valence-electron chi connectivity index (χ3n) is 2.77. The molecule has 0 aliphatic heterocycles. The first-order valence-corrected chi connectivity index (χ1v) is 6.92. The van der Waals surface area contributed by atoms with Crippen molar-refractivity contribution in [1.82, 2.24) is 4.98 Å². The molecule has 0 bridgehead atoms. The van der Waals surface area contributed by atoms with Gasteiger partial charge in [0.1, 0.15) is 12.2 Å².